The minimum atomic E-state index is -2.03. The summed E-state index contributed by atoms with van der Waals surface area (Å²) >= 11 is 0. The van der Waals surface area contributed by atoms with E-state index in [1.807, 2.05) is 0 Å². The Morgan fingerprint density at radius 1 is 1.02 bits per heavy atom. The Kier molecular flexibility index (Phi) is 12.8. The first kappa shape index (κ1) is 43.5. The van der Waals surface area contributed by atoms with Crippen molar-refractivity contribution in [2.45, 2.75) is 70.4 Å². The van der Waals surface area contributed by atoms with Crippen molar-refractivity contribution in [1.82, 2.24) is 36.1 Å². The summed E-state index contributed by atoms with van der Waals surface area (Å²) in [6.07, 6.45) is 0.952. The Hall–Kier alpha value is -6.57. The number of amides is 5. The van der Waals surface area contributed by atoms with Crippen LogP contribution < -0.4 is 37.9 Å². The minimum absolute atomic E-state index is 0.00785. The molecular weight excluding hydrogens is 808 g/mol. The molecule has 4 aromatic rings. The van der Waals surface area contributed by atoms with Gasteiger partial charge in [-0.2, -0.15) is 0 Å². The minimum Gasteiger partial charge on any atom is -0.458 e. The molecule has 1 aliphatic carbocycles. The molecule has 19 heteroatoms. The first-order chi connectivity index (χ1) is 29.7. The fraction of sp³-hybridized carbons (Fsp3) is 0.395. The molecule has 2 aromatic carbocycles. The fourth-order valence-electron chi connectivity index (χ4n) is 8.27. The van der Waals surface area contributed by atoms with Crippen LogP contribution in [0.15, 0.2) is 47.3 Å². The van der Waals surface area contributed by atoms with Crippen molar-refractivity contribution in [1.29, 1.82) is 0 Å². The van der Waals surface area contributed by atoms with Gasteiger partial charge in [-0.3, -0.25) is 28.8 Å². The van der Waals surface area contributed by atoms with Crippen LogP contribution in [0.4, 0.5) is 4.39 Å². The molecule has 3 atom stereocenters. The highest BCUT2D eigenvalue weighted by Crippen LogP contribution is 2.46. The van der Waals surface area contributed by atoms with Gasteiger partial charge in [-0.1, -0.05) is 37.3 Å². The number of pyridine rings is 2. The molecule has 18 nitrogen and oxygen atoms in total. The van der Waals surface area contributed by atoms with Gasteiger partial charge in [0.2, 0.25) is 29.5 Å². The topological polar surface area (TPSA) is 262 Å². The van der Waals surface area contributed by atoms with Crippen LogP contribution in [0.3, 0.4) is 0 Å². The molecule has 62 heavy (non-hydrogen) atoms. The largest absolute Gasteiger partial charge is 0.458 e. The molecule has 0 radical (unpaired) electrons. The Labute approximate surface area is 354 Å². The average molecular weight is 855 g/mol. The van der Waals surface area contributed by atoms with Gasteiger partial charge in [-0.05, 0) is 54.5 Å². The lowest BCUT2D eigenvalue weighted by Crippen LogP contribution is -2.52. The SMILES string of the molecule is CC[C@@]1(O)C(=O)OCc2c1cc1n(c2=O)Cc2c-1nc1cc(F)c(C)c3c1c2[C@@H](NC(=O)COCCNC(=O)CNC(=O)[C@H](Cc1ccccc1)NC(=O)CNC(=O)CN)CC3. The maximum Gasteiger partial charge on any atom is 0.343 e. The molecule has 0 saturated heterocycles. The third kappa shape index (κ3) is 8.63. The molecule has 7 rings (SSSR count). The van der Waals surface area contributed by atoms with Gasteiger partial charge in [-0.25, -0.2) is 14.2 Å². The highest BCUT2D eigenvalue weighted by atomic mass is 19.1. The molecule has 0 fully saturated rings. The molecule has 2 aromatic heterocycles. The zero-order valence-electron chi connectivity index (χ0n) is 34.2. The first-order valence-electron chi connectivity index (χ1n) is 20.3. The molecule has 2 aliphatic heterocycles. The van der Waals surface area contributed by atoms with E-state index in [0.717, 1.165) is 11.1 Å². The molecule has 0 unspecified atom stereocenters. The number of esters is 1. The maximum absolute atomic E-state index is 15.3. The normalized spacial score (nSPS) is 17.5. The lowest BCUT2D eigenvalue weighted by molar-refractivity contribution is -0.172. The summed E-state index contributed by atoms with van der Waals surface area (Å²) < 4.78 is 27.5. The van der Waals surface area contributed by atoms with Gasteiger partial charge in [0.1, 0.15) is 25.1 Å². The van der Waals surface area contributed by atoms with Crippen LogP contribution in [0.1, 0.15) is 64.8 Å². The number of aryl methyl sites for hydroxylation is 1. The van der Waals surface area contributed by atoms with Gasteiger partial charge >= 0.3 is 5.97 Å². The summed E-state index contributed by atoms with van der Waals surface area (Å²) in [5.74, 6) is -4.08. The number of benzene rings is 2. The number of fused-ring (bicyclic) bond motifs is 5. The number of hydrogen-bond acceptors (Lipinski definition) is 12. The first-order valence-corrected chi connectivity index (χ1v) is 20.3. The molecule has 4 heterocycles. The number of ether oxygens (including phenoxy) is 2. The van der Waals surface area contributed by atoms with Crippen molar-refractivity contribution in [2.24, 2.45) is 5.73 Å². The van der Waals surface area contributed by atoms with Gasteiger partial charge in [0, 0.05) is 35.5 Å². The number of cyclic esters (lactones) is 1. The molecule has 0 saturated carbocycles. The summed E-state index contributed by atoms with van der Waals surface area (Å²) in [7, 11) is 0. The van der Waals surface area contributed by atoms with E-state index in [9.17, 15) is 38.7 Å². The van der Waals surface area contributed by atoms with Gasteiger partial charge in [-0.15, -0.1) is 0 Å². The molecule has 0 bridgehead atoms. The molecule has 5 amide bonds. The summed E-state index contributed by atoms with van der Waals surface area (Å²) in [5, 5.41) is 25.0. The summed E-state index contributed by atoms with van der Waals surface area (Å²) in [4.78, 5) is 94.3. The number of halogens is 1. The zero-order valence-corrected chi connectivity index (χ0v) is 34.2. The third-order valence-electron chi connectivity index (χ3n) is 11.5. The predicted molar refractivity (Wildman–Crippen MR) is 219 cm³/mol. The second-order valence-corrected chi connectivity index (χ2v) is 15.4. The van der Waals surface area contributed by atoms with Crippen LogP contribution in [0.2, 0.25) is 0 Å². The number of nitrogens with zero attached hydrogens (tertiary/aromatic N) is 2. The number of nitrogens with one attached hydrogen (secondary N) is 5. The summed E-state index contributed by atoms with van der Waals surface area (Å²) in [6.45, 7) is 1.59. The molecule has 8 N–H and O–H groups in total. The van der Waals surface area contributed by atoms with Crippen molar-refractivity contribution in [3.05, 3.63) is 97.6 Å². The van der Waals surface area contributed by atoms with Crippen molar-refractivity contribution >= 4 is 46.4 Å². The van der Waals surface area contributed by atoms with E-state index in [0.29, 0.717) is 51.8 Å². The van der Waals surface area contributed by atoms with E-state index in [2.05, 4.69) is 26.6 Å². The average Bonchev–Trinajstić information content (AvgIpc) is 3.64. The van der Waals surface area contributed by atoms with E-state index in [4.69, 9.17) is 20.2 Å². The van der Waals surface area contributed by atoms with Crippen molar-refractivity contribution in [2.75, 3.05) is 39.4 Å². The van der Waals surface area contributed by atoms with E-state index in [1.54, 1.807) is 50.2 Å². The van der Waals surface area contributed by atoms with Gasteiger partial charge < -0.3 is 51.5 Å². The molecular formula is C43H47FN8O10. The number of carbonyl (C=O) groups is 6. The molecule has 326 valence electrons. The Balaban J connectivity index is 0.970. The second kappa shape index (κ2) is 18.2. The van der Waals surface area contributed by atoms with Crippen LogP contribution in [-0.2, 0) is 69.8 Å². The number of rotatable bonds is 16. The van der Waals surface area contributed by atoms with Crippen molar-refractivity contribution in [3.8, 4) is 11.4 Å². The lowest BCUT2D eigenvalue weighted by atomic mass is 9.81. The highest BCUT2D eigenvalue weighted by Gasteiger charge is 2.46. The second-order valence-electron chi connectivity index (χ2n) is 15.4. The smallest absolute Gasteiger partial charge is 0.343 e. The number of hydrogen-bond donors (Lipinski definition) is 7. The Morgan fingerprint density at radius 3 is 2.52 bits per heavy atom. The van der Waals surface area contributed by atoms with Crippen LogP contribution in [0.25, 0.3) is 22.3 Å². The predicted octanol–water partition coefficient (Wildman–Crippen LogP) is -0.318. The Morgan fingerprint density at radius 2 is 1.77 bits per heavy atom. The van der Waals surface area contributed by atoms with Crippen LogP contribution in [-0.4, -0.2) is 95.6 Å². The molecule has 0 spiro atoms. The maximum atomic E-state index is 15.3. The van der Waals surface area contributed by atoms with E-state index in [-0.39, 0.29) is 70.0 Å². The fourth-order valence-corrected chi connectivity index (χ4v) is 8.27. The monoisotopic (exact) mass is 854 g/mol. The number of carbonyl (C=O) groups excluding carboxylic acids is 6. The van der Waals surface area contributed by atoms with Gasteiger partial charge in [0.15, 0.2) is 5.60 Å². The summed E-state index contributed by atoms with van der Waals surface area (Å²) in [6, 6.07) is 10.2. The van der Waals surface area contributed by atoms with Crippen LogP contribution in [0.5, 0.6) is 0 Å². The van der Waals surface area contributed by atoms with Gasteiger partial charge in [0.25, 0.3) is 5.56 Å². The van der Waals surface area contributed by atoms with Crippen LogP contribution in [0, 0.1) is 12.7 Å². The van der Waals surface area contributed by atoms with Gasteiger partial charge in [0.05, 0.1) is 61.3 Å². The zero-order chi connectivity index (χ0) is 44.3. The quantitative estimate of drug-likeness (QED) is 0.0498. The van der Waals surface area contributed by atoms with Crippen molar-refractivity contribution < 1.29 is 47.7 Å². The highest BCUT2D eigenvalue weighted by molar-refractivity contribution is 5.94. The molecule has 3 aliphatic rings. The number of aromatic nitrogens is 2. The third-order valence-corrected chi connectivity index (χ3v) is 11.5. The van der Waals surface area contributed by atoms with E-state index < -0.39 is 71.1 Å². The number of nitrogens with two attached hydrogens (primary N) is 1. The van der Waals surface area contributed by atoms with Crippen LogP contribution >= 0.6 is 0 Å². The lowest BCUT2D eigenvalue weighted by Gasteiger charge is -2.31. The van der Waals surface area contributed by atoms with E-state index >= 15 is 4.39 Å². The van der Waals surface area contributed by atoms with Crippen molar-refractivity contribution in [3.63, 3.8) is 0 Å². The number of aliphatic hydroxyl groups is 1. The Bertz CT molecular complexity index is 2550. The summed E-state index contributed by atoms with van der Waals surface area (Å²) in [5.41, 5.74) is 7.50. The standard InChI is InChI=1S/C43H47FN8O10/c1-3-43(60)27-14-32-39-25(19-52(32)41(58)26(27)20-62-42(43)59)38-29(10-9-24-22(2)28(44)15-30(51-39)37(24)38)49-36(56)21-61-12-11-46-34(54)17-48-40(57)31(13-23-7-5-4-6-8-23)50-35(55)18-47-33(53)16-45/h4-8,14-15,29,31,60H,3,9-13,16-21,45H2,1-2H3,(H,46,54)(H,47,53)(H,48,57)(H,49,56)(H,50,55)/t29-,31-,43-/m0/s1. The van der Waals surface area contributed by atoms with E-state index in [1.165, 1.54) is 10.6 Å².